The van der Waals surface area contributed by atoms with Crippen molar-refractivity contribution >= 4 is 0 Å². The quantitative estimate of drug-likeness (QED) is 0.839. The zero-order valence-corrected chi connectivity index (χ0v) is 13.3. The molecule has 0 spiro atoms. The SMILES string of the molecule is CCOc1ccc(OCCN(C)C2CCC(N)CC2)cc1. The molecule has 4 nitrogen and oxygen atoms in total. The fourth-order valence-electron chi connectivity index (χ4n) is 2.83. The molecule has 0 aromatic heterocycles. The Morgan fingerprint density at radius 3 is 2.19 bits per heavy atom. The molecule has 0 unspecified atom stereocenters. The lowest BCUT2D eigenvalue weighted by Gasteiger charge is -2.33. The number of likely N-dealkylation sites (N-methyl/N-ethyl adjacent to an activating group) is 1. The minimum Gasteiger partial charge on any atom is -0.494 e. The topological polar surface area (TPSA) is 47.7 Å². The van der Waals surface area contributed by atoms with Gasteiger partial charge in [0.15, 0.2) is 0 Å². The number of rotatable bonds is 7. The summed E-state index contributed by atoms with van der Waals surface area (Å²) >= 11 is 0. The van der Waals surface area contributed by atoms with E-state index in [1.165, 1.54) is 12.8 Å². The first kappa shape index (κ1) is 16.1. The first-order chi connectivity index (χ1) is 10.2. The second-order valence-electron chi connectivity index (χ2n) is 5.80. The van der Waals surface area contributed by atoms with Crippen LogP contribution in [0, 0.1) is 0 Å². The predicted molar refractivity (Wildman–Crippen MR) is 86.0 cm³/mol. The summed E-state index contributed by atoms with van der Waals surface area (Å²) in [5, 5.41) is 0. The number of ether oxygens (including phenoxy) is 2. The summed E-state index contributed by atoms with van der Waals surface area (Å²) < 4.78 is 11.2. The van der Waals surface area contributed by atoms with E-state index in [0.29, 0.717) is 25.3 Å². The summed E-state index contributed by atoms with van der Waals surface area (Å²) in [7, 11) is 2.18. The van der Waals surface area contributed by atoms with E-state index in [4.69, 9.17) is 15.2 Å². The van der Waals surface area contributed by atoms with Gasteiger partial charge in [-0.3, -0.25) is 0 Å². The Morgan fingerprint density at radius 1 is 1.05 bits per heavy atom. The number of benzene rings is 1. The van der Waals surface area contributed by atoms with Crippen molar-refractivity contribution in [3.63, 3.8) is 0 Å². The normalized spacial score (nSPS) is 22.3. The van der Waals surface area contributed by atoms with Gasteiger partial charge in [-0.15, -0.1) is 0 Å². The third-order valence-electron chi connectivity index (χ3n) is 4.21. The van der Waals surface area contributed by atoms with Gasteiger partial charge in [0.2, 0.25) is 0 Å². The maximum atomic E-state index is 5.95. The average Bonchev–Trinajstić information content (AvgIpc) is 2.50. The zero-order valence-electron chi connectivity index (χ0n) is 13.3. The Morgan fingerprint density at radius 2 is 1.62 bits per heavy atom. The van der Waals surface area contributed by atoms with Crippen LogP contribution < -0.4 is 15.2 Å². The first-order valence-corrected chi connectivity index (χ1v) is 8.00. The standard InChI is InChI=1S/C17H28N2O2/c1-3-20-16-8-10-17(11-9-16)21-13-12-19(2)15-6-4-14(18)5-7-15/h8-11,14-15H,3-7,12-13,18H2,1-2H3. The molecule has 1 aromatic carbocycles. The molecule has 2 N–H and O–H groups in total. The maximum Gasteiger partial charge on any atom is 0.119 e. The molecule has 0 heterocycles. The van der Waals surface area contributed by atoms with E-state index in [-0.39, 0.29) is 0 Å². The van der Waals surface area contributed by atoms with Crippen LogP contribution in [0.5, 0.6) is 11.5 Å². The summed E-state index contributed by atoms with van der Waals surface area (Å²) in [6.07, 6.45) is 4.71. The van der Waals surface area contributed by atoms with Crippen molar-refractivity contribution in [2.45, 2.75) is 44.7 Å². The Hall–Kier alpha value is -1.26. The van der Waals surface area contributed by atoms with Gasteiger partial charge in [-0.25, -0.2) is 0 Å². The molecule has 0 atom stereocenters. The van der Waals surface area contributed by atoms with E-state index < -0.39 is 0 Å². The zero-order chi connectivity index (χ0) is 15.1. The molecular formula is C17H28N2O2. The summed E-state index contributed by atoms with van der Waals surface area (Å²) in [6.45, 7) is 4.34. The van der Waals surface area contributed by atoms with Crippen LogP contribution in [-0.4, -0.2) is 43.8 Å². The Balaban J connectivity index is 1.68. The minimum atomic E-state index is 0.412. The molecule has 0 bridgehead atoms. The van der Waals surface area contributed by atoms with Crippen LogP contribution in [0.25, 0.3) is 0 Å². The van der Waals surface area contributed by atoms with Gasteiger partial charge in [0.1, 0.15) is 18.1 Å². The second-order valence-corrected chi connectivity index (χ2v) is 5.80. The van der Waals surface area contributed by atoms with E-state index in [1.807, 2.05) is 31.2 Å². The number of nitrogens with two attached hydrogens (primary N) is 1. The van der Waals surface area contributed by atoms with E-state index in [1.54, 1.807) is 0 Å². The molecule has 0 aliphatic heterocycles. The monoisotopic (exact) mass is 292 g/mol. The second kappa shape index (κ2) is 8.25. The fraction of sp³-hybridized carbons (Fsp3) is 0.647. The van der Waals surface area contributed by atoms with Gasteiger partial charge in [-0.05, 0) is 63.9 Å². The van der Waals surface area contributed by atoms with E-state index >= 15 is 0 Å². The number of hydrogen-bond donors (Lipinski definition) is 1. The number of nitrogens with zero attached hydrogens (tertiary/aromatic N) is 1. The molecule has 118 valence electrons. The fourth-order valence-corrected chi connectivity index (χ4v) is 2.83. The van der Waals surface area contributed by atoms with Gasteiger partial charge in [-0.2, -0.15) is 0 Å². The van der Waals surface area contributed by atoms with E-state index in [2.05, 4.69) is 11.9 Å². The lowest BCUT2D eigenvalue weighted by molar-refractivity contribution is 0.154. The maximum absolute atomic E-state index is 5.95. The third kappa shape index (κ3) is 5.21. The van der Waals surface area contributed by atoms with Crippen molar-refractivity contribution in [3.8, 4) is 11.5 Å². The molecule has 21 heavy (non-hydrogen) atoms. The van der Waals surface area contributed by atoms with Crippen LogP contribution in [0.1, 0.15) is 32.6 Å². The van der Waals surface area contributed by atoms with Crippen LogP contribution in [0.4, 0.5) is 0 Å². The van der Waals surface area contributed by atoms with Crippen LogP contribution in [0.3, 0.4) is 0 Å². The lowest BCUT2D eigenvalue weighted by Crippen LogP contribution is -2.40. The third-order valence-corrected chi connectivity index (χ3v) is 4.21. The largest absolute Gasteiger partial charge is 0.494 e. The molecule has 1 fully saturated rings. The van der Waals surface area contributed by atoms with Crippen molar-refractivity contribution in [1.82, 2.24) is 4.90 Å². The van der Waals surface area contributed by atoms with Crippen molar-refractivity contribution in [2.24, 2.45) is 5.73 Å². The lowest BCUT2D eigenvalue weighted by atomic mass is 9.91. The predicted octanol–water partition coefficient (Wildman–Crippen LogP) is 2.67. The molecule has 2 rings (SSSR count). The molecule has 1 aromatic rings. The van der Waals surface area contributed by atoms with Crippen molar-refractivity contribution < 1.29 is 9.47 Å². The molecule has 4 heteroatoms. The minimum absolute atomic E-state index is 0.412. The summed E-state index contributed by atoms with van der Waals surface area (Å²) in [6, 6.07) is 8.90. The van der Waals surface area contributed by atoms with Gasteiger partial charge >= 0.3 is 0 Å². The highest BCUT2D eigenvalue weighted by Gasteiger charge is 2.21. The van der Waals surface area contributed by atoms with Gasteiger partial charge in [0, 0.05) is 18.6 Å². The highest BCUT2D eigenvalue weighted by molar-refractivity contribution is 5.31. The van der Waals surface area contributed by atoms with Gasteiger partial charge in [0.25, 0.3) is 0 Å². The Labute approximate surface area is 128 Å². The highest BCUT2D eigenvalue weighted by Crippen LogP contribution is 2.21. The van der Waals surface area contributed by atoms with Crippen molar-refractivity contribution in [2.75, 3.05) is 26.8 Å². The Kier molecular flexibility index (Phi) is 6.33. The van der Waals surface area contributed by atoms with Gasteiger partial charge in [-0.1, -0.05) is 0 Å². The highest BCUT2D eigenvalue weighted by atomic mass is 16.5. The van der Waals surface area contributed by atoms with E-state index in [0.717, 1.165) is 30.9 Å². The first-order valence-electron chi connectivity index (χ1n) is 8.00. The van der Waals surface area contributed by atoms with Gasteiger partial charge in [0.05, 0.1) is 6.61 Å². The summed E-state index contributed by atoms with van der Waals surface area (Å²) in [4.78, 5) is 2.40. The van der Waals surface area contributed by atoms with Crippen LogP contribution >= 0.6 is 0 Å². The smallest absolute Gasteiger partial charge is 0.119 e. The molecule has 0 amide bonds. The summed E-state index contributed by atoms with van der Waals surface area (Å²) in [5.41, 5.74) is 5.95. The van der Waals surface area contributed by atoms with Gasteiger partial charge < -0.3 is 20.1 Å². The Bertz CT molecular complexity index is 400. The van der Waals surface area contributed by atoms with Crippen LogP contribution in [0.2, 0.25) is 0 Å². The van der Waals surface area contributed by atoms with Crippen LogP contribution in [-0.2, 0) is 0 Å². The molecule has 1 saturated carbocycles. The van der Waals surface area contributed by atoms with Crippen molar-refractivity contribution in [3.05, 3.63) is 24.3 Å². The van der Waals surface area contributed by atoms with Crippen molar-refractivity contribution in [1.29, 1.82) is 0 Å². The molecule has 1 aliphatic carbocycles. The average molecular weight is 292 g/mol. The molecule has 0 radical (unpaired) electrons. The molecule has 0 saturated heterocycles. The van der Waals surface area contributed by atoms with Crippen LogP contribution in [0.15, 0.2) is 24.3 Å². The van der Waals surface area contributed by atoms with E-state index in [9.17, 15) is 0 Å². The number of hydrogen-bond acceptors (Lipinski definition) is 4. The molecule has 1 aliphatic rings. The molecular weight excluding hydrogens is 264 g/mol. The summed E-state index contributed by atoms with van der Waals surface area (Å²) in [5.74, 6) is 1.79.